The molecule has 4 nitrogen and oxygen atoms in total. The molecule has 0 N–H and O–H groups in total. The van der Waals surface area contributed by atoms with E-state index in [4.69, 9.17) is 4.74 Å². The highest BCUT2D eigenvalue weighted by Crippen LogP contribution is 2.26. The van der Waals surface area contributed by atoms with Crippen LogP contribution in [0.1, 0.15) is 40.2 Å². The minimum atomic E-state index is -0.609. The summed E-state index contributed by atoms with van der Waals surface area (Å²) in [7, 11) is 0. The highest BCUT2D eigenvalue weighted by molar-refractivity contribution is 5.93. The number of benzene rings is 1. The van der Waals surface area contributed by atoms with E-state index in [-0.39, 0.29) is 5.92 Å². The molecule has 1 amide bonds. The van der Waals surface area contributed by atoms with Gasteiger partial charge in [0.2, 0.25) is 0 Å². The Morgan fingerprint density at radius 2 is 1.81 bits per heavy atom. The lowest BCUT2D eigenvalue weighted by atomic mass is 10.0. The van der Waals surface area contributed by atoms with E-state index < -0.39 is 17.7 Å². The molecule has 1 unspecified atom stereocenters. The number of carbonyl (C=O) groups excluding carboxylic acids is 2. The fraction of sp³-hybridized carbons (Fsp3) is 0.529. The lowest BCUT2D eigenvalue weighted by Gasteiger charge is -2.33. The first kappa shape index (κ1) is 17.2. The number of amides is 1. The topological polar surface area (TPSA) is 46.6 Å². The largest absolute Gasteiger partial charge is 0.443 e. The summed E-state index contributed by atoms with van der Waals surface area (Å²) in [6.07, 6.45) is 0.309. The summed E-state index contributed by atoms with van der Waals surface area (Å²) in [6, 6.07) is 6.94. The van der Waals surface area contributed by atoms with Gasteiger partial charge in [0.15, 0.2) is 0 Å². The fourth-order valence-electron chi connectivity index (χ4n) is 2.04. The van der Waals surface area contributed by atoms with Gasteiger partial charge >= 0.3 is 6.09 Å². The SMILES string of the molecule is Cc1ccccc1N(C(=O)OC(C)(C)C)C(C=O)C(C)C. The third-order valence-corrected chi connectivity index (χ3v) is 3.09. The Morgan fingerprint density at radius 1 is 1.24 bits per heavy atom. The van der Waals surface area contributed by atoms with Crippen molar-refractivity contribution < 1.29 is 14.3 Å². The molecule has 0 saturated heterocycles. The minimum absolute atomic E-state index is 0.00498. The van der Waals surface area contributed by atoms with Crippen molar-refractivity contribution in [3.63, 3.8) is 0 Å². The van der Waals surface area contributed by atoms with Crippen molar-refractivity contribution >= 4 is 18.1 Å². The summed E-state index contributed by atoms with van der Waals surface area (Å²) in [5.41, 5.74) is 1.02. The zero-order valence-corrected chi connectivity index (χ0v) is 13.7. The van der Waals surface area contributed by atoms with Crippen LogP contribution in [-0.2, 0) is 9.53 Å². The summed E-state index contributed by atoms with van der Waals surface area (Å²) in [5, 5.41) is 0. The van der Waals surface area contributed by atoms with E-state index in [1.807, 2.05) is 65.8 Å². The van der Waals surface area contributed by atoms with Gasteiger partial charge in [0.25, 0.3) is 0 Å². The summed E-state index contributed by atoms with van der Waals surface area (Å²) in [5.74, 6) is -0.00498. The molecule has 0 spiro atoms. The van der Waals surface area contributed by atoms with Crippen molar-refractivity contribution in [3.8, 4) is 0 Å². The van der Waals surface area contributed by atoms with Crippen LogP contribution in [0.25, 0.3) is 0 Å². The molecule has 1 rings (SSSR count). The van der Waals surface area contributed by atoms with Crippen molar-refractivity contribution in [2.24, 2.45) is 5.92 Å². The van der Waals surface area contributed by atoms with Crippen molar-refractivity contribution in [1.29, 1.82) is 0 Å². The molecule has 4 heteroatoms. The number of anilines is 1. The summed E-state index contributed by atoms with van der Waals surface area (Å²) in [4.78, 5) is 25.5. The molecular formula is C17H25NO3. The van der Waals surface area contributed by atoms with Crippen LogP contribution in [0.4, 0.5) is 10.5 Å². The molecule has 0 radical (unpaired) electrons. The quantitative estimate of drug-likeness (QED) is 0.789. The maximum absolute atomic E-state index is 12.6. The molecule has 1 aromatic rings. The second-order valence-corrected chi connectivity index (χ2v) is 6.51. The normalized spacial score (nSPS) is 12.9. The van der Waals surface area contributed by atoms with Gasteiger partial charge in [-0.3, -0.25) is 4.90 Å². The van der Waals surface area contributed by atoms with Gasteiger partial charge in [-0.1, -0.05) is 32.0 Å². The maximum atomic E-state index is 12.6. The number of aryl methyl sites for hydroxylation is 1. The van der Waals surface area contributed by atoms with Crippen molar-refractivity contribution in [1.82, 2.24) is 0 Å². The fourth-order valence-corrected chi connectivity index (χ4v) is 2.04. The minimum Gasteiger partial charge on any atom is -0.443 e. The van der Waals surface area contributed by atoms with Crippen LogP contribution in [0, 0.1) is 12.8 Å². The van der Waals surface area contributed by atoms with E-state index >= 15 is 0 Å². The van der Waals surface area contributed by atoms with Crippen LogP contribution in [-0.4, -0.2) is 24.0 Å². The number of para-hydroxylation sites is 1. The Kier molecular flexibility index (Phi) is 5.53. The van der Waals surface area contributed by atoms with E-state index in [0.29, 0.717) is 5.69 Å². The van der Waals surface area contributed by atoms with E-state index in [0.717, 1.165) is 11.8 Å². The van der Waals surface area contributed by atoms with E-state index in [2.05, 4.69) is 0 Å². The van der Waals surface area contributed by atoms with Gasteiger partial charge in [-0.2, -0.15) is 0 Å². The van der Waals surface area contributed by atoms with Gasteiger partial charge in [0.1, 0.15) is 11.9 Å². The van der Waals surface area contributed by atoms with Crippen LogP contribution in [0.15, 0.2) is 24.3 Å². The number of ether oxygens (including phenoxy) is 1. The molecular weight excluding hydrogens is 266 g/mol. The smallest absolute Gasteiger partial charge is 0.415 e. The molecule has 0 heterocycles. The van der Waals surface area contributed by atoms with Crippen molar-refractivity contribution in [3.05, 3.63) is 29.8 Å². The van der Waals surface area contributed by atoms with Gasteiger partial charge < -0.3 is 9.53 Å². The summed E-state index contributed by atoms with van der Waals surface area (Å²) in [6.45, 7) is 11.2. The second kappa shape index (κ2) is 6.74. The molecule has 0 aliphatic rings. The molecule has 1 atom stereocenters. The van der Waals surface area contributed by atoms with Crippen LogP contribution < -0.4 is 4.90 Å². The third kappa shape index (κ3) is 4.59. The Bertz CT molecular complexity index is 503. The third-order valence-electron chi connectivity index (χ3n) is 3.09. The molecule has 21 heavy (non-hydrogen) atoms. The highest BCUT2D eigenvalue weighted by Gasteiger charge is 2.32. The number of carbonyl (C=O) groups is 2. The summed E-state index contributed by atoms with van der Waals surface area (Å²) >= 11 is 0. The Morgan fingerprint density at radius 3 is 2.24 bits per heavy atom. The number of hydrogen-bond acceptors (Lipinski definition) is 3. The lowest BCUT2D eigenvalue weighted by molar-refractivity contribution is -0.109. The number of hydrogen-bond donors (Lipinski definition) is 0. The van der Waals surface area contributed by atoms with Gasteiger partial charge in [-0.25, -0.2) is 4.79 Å². The Labute approximate surface area is 127 Å². The standard InChI is InChI=1S/C17H25NO3/c1-12(2)15(11-19)18(16(20)21-17(4,5)6)14-10-8-7-9-13(14)3/h7-12,15H,1-6H3. The first-order valence-electron chi connectivity index (χ1n) is 7.20. The van der Waals surface area contributed by atoms with E-state index in [9.17, 15) is 9.59 Å². The molecule has 0 aliphatic carbocycles. The van der Waals surface area contributed by atoms with Crippen LogP contribution in [0.3, 0.4) is 0 Å². The van der Waals surface area contributed by atoms with Crippen LogP contribution in [0.2, 0.25) is 0 Å². The molecule has 0 aromatic heterocycles. The molecule has 116 valence electrons. The van der Waals surface area contributed by atoms with Crippen molar-refractivity contribution in [2.45, 2.75) is 53.2 Å². The predicted molar refractivity (Wildman–Crippen MR) is 84.6 cm³/mol. The molecule has 0 fully saturated rings. The molecule has 0 bridgehead atoms. The lowest BCUT2D eigenvalue weighted by Crippen LogP contribution is -2.47. The average Bonchev–Trinajstić information content (AvgIpc) is 2.34. The number of rotatable bonds is 4. The summed E-state index contributed by atoms with van der Waals surface area (Å²) < 4.78 is 5.47. The average molecular weight is 291 g/mol. The monoisotopic (exact) mass is 291 g/mol. The first-order chi connectivity index (χ1) is 9.67. The first-order valence-corrected chi connectivity index (χ1v) is 7.20. The van der Waals surface area contributed by atoms with Gasteiger partial charge in [-0.15, -0.1) is 0 Å². The van der Waals surface area contributed by atoms with Crippen LogP contribution in [0.5, 0.6) is 0 Å². The van der Waals surface area contributed by atoms with Gasteiger partial charge in [0, 0.05) is 0 Å². The molecule has 0 saturated carbocycles. The number of nitrogens with zero attached hydrogens (tertiary/aromatic N) is 1. The van der Waals surface area contributed by atoms with E-state index in [1.165, 1.54) is 4.90 Å². The van der Waals surface area contributed by atoms with Gasteiger partial charge in [-0.05, 0) is 45.2 Å². The predicted octanol–water partition coefficient (Wildman–Crippen LogP) is 3.96. The van der Waals surface area contributed by atoms with Gasteiger partial charge in [0.05, 0.1) is 11.7 Å². The Balaban J connectivity index is 3.27. The second-order valence-electron chi connectivity index (χ2n) is 6.51. The van der Waals surface area contributed by atoms with Crippen molar-refractivity contribution in [2.75, 3.05) is 4.90 Å². The number of aldehydes is 1. The Hall–Kier alpha value is -1.84. The van der Waals surface area contributed by atoms with Crippen LogP contribution >= 0.6 is 0 Å². The maximum Gasteiger partial charge on any atom is 0.415 e. The highest BCUT2D eigenvalue weighted by atomic mass is 16.6. The van der Waals surface area contributed by atoms with E-state index in [1.54, 1.807) is 0 Å². The zero-order valence-electron chi connectivity index (χ0n) is 13.7. The molecule has 1 aromatic carbocycles. The zero-order chi connectivity index (χ0) is 16.2. The molecule has 0 aliphatic heterocycles.